The van der Waals surface area contributed by atoms with E-state index in [1.54, 1.807) is 0 Å². The van der Waals surface area contributed by atoms with Crippen LogP contribution >= 0.6 is 11.6 Å². The Labute approximate surface area is 196 Å². The Morgan fingerprint density at radius 1 is 1.06 bits per heavy atom. The van der Waals surface area contributed by atoms with Crippen LogP contribution in [0.25, 0.3) is 11.1 Å². The molecule has 8 heteroatoms. The normalized spacial score (nSPS) is 22.6. The van der Waals surface area contributed by atoms with Crippen LogP contribution in [0.1, 0.15) is 39.9 Å². The molecule has 4 aliphatic rings. The second kappa shape index (κ2) is 7.53. The quantitative estimate of drug-likeness (QED) is 0.616. The first-order valence-electron chi connectivity index (χ1n) is 11.5. The summed E-state index contributed by atoms with van der Waals surface area (Å²) < 4.78 is 23.7. The highest BCUT2D eigenvalue weighted by Crippen LogP contribution is 2.49. The van der Waals surface area contributed by atoms with Crippen molar-refractivity contribution >= 4 is 11.6 Å². The van der Waals surface area contributed by atoms with E-state index in [1.807, 2.05) is 18.3 Å². The lowest BCUT2D eigenvalue weighted by Crippen LogP contribution is -2.38. The van der Waals surface area contributed by atoms with Crippen LogP contribution in [0, 0.1) is 5.41 Å². The van der Waals surface area contributed by atoms with Crippen LogP contribution in [0.5, 0.6) is 5.75 Å². The van der Waals surface area contributed by atoms with E-state index >= 15 is 0 Å². The predicted molar refractivity (Wildman–Crippen MR) is 120 cm³/mol. The highest BCUT2D eigenvalue weighted by molar-refractivity contribution is 6.31. The number of hydrogen-bond acceptors (Lipinski definition) is 7. The second-order valence-corrected chi connectivity index (χ2v) is 10.0. The van der Waals surface area contributed by atoms with Crippen molar-refractivity contribution in [2.75, 3.05) is 26.6 Å². The molecule has 0 saturated carbocycles. The maximum Gasteiger partial charge on any atom is 0.182 e. The van der Waals surface area contributed by atoms with Gasteiger partial charge in [-0.15, -0.1) is 0 Å². The first-order valence-corrected chi connectivity index (χ1v) is 11.9. The molecule has 1 saturated heterocycles. The van der Waals surface area contributed by atoms with Gasteiger partial charge < -0.3 is 24.1 Å². The number of pyridine rings is 1. The largest absolute Gasteiger partial charge is 0.481 e. The van der Waals surface area contributed by atoms with E-state index in [9.17, 15) is 0 Å². The number of aromatic nitrogens is 2. The first kappa shape index (κ1) is 20.0. The van der Waals surface area contributed by atoms with Gasteiger partial charge in [0, 0.05) is 71.4 Å². The topological polar surface area (TPSA) is 78.6 Å². The highest BCUT2D eigenvalue weighted by Gasteiger charge is 2.42. The third-order valence-electron chi connectivity index (χ3n) is 7.34. The van der Waals surface area contributed by atoms with Gasteiger partial charge in [0.05, 0.1) is 18.9 Å². The highest BCUT2D eigenvalue weighted by atomic mass is 35.5. The van der Waals surface area contributed by atoms with Gasteiger partial charge in [-0.05, 0) is 35.7 Å². The number of nitrogens with zero attached hydrogens (tertiary/aromatic N) is 2. The van der Waals surface area contributed by atoms with Crippen molar-refractivity contribution in [2.24, 2.45) is 5.41 Å². The molecule has 1 aromatic carbocycles. The Hall–Kier alpha value is -2.45. The summed E-state index contributed by atoms with van der Waals surface area (Å²) in [6.07, 6.45) is 5.01. The minimum atomic E-state index is -0.199. The Morgan fingerprint density at radius 2 is 1.97 bits per heavy atom. The summed E-state index contributed by atoms with van der Waals surface area (Å²) in [5.74, 6) is 1.70. The summed E-state index contributed by atoms with van der Waals surface area (Å²) >= 11 is 6.60. The van der Waals surface area contributed by atoms with Crippen molar-refractivity contribution in [1.29, 1.82) is 0 Å². The molecule has 2 aromatic heterocycles. The SMILES string of the molecule is Clc1cc2c(c(-c3ccnc4c3CC3(COCOC3)C4)c1)O[C@@H](c1onc3c1CNCC3)C2. The second-order valence-electron chi connectivity index (χ2n) is 9.60. The Morgan fingerprint density at radius 3 is 2.88 bits per heavy atom. The Balaban J connectivity index is 1.27. The summed E-state index contributed by atoms with van der Waals surface area (Å²) in [6.45, 7) is 3.45. The maximum absolute atomic E-state index is 6.60. The van der Waals surface area contributed by atoms with Crippen LogP contribution in [0.4, 0.5) is 0 Å². The van der Waals surface area contributed by atoms with Gasteiger partial charge in [-0.2, -0.15) is 0 Å². The summed E-state index contributed by atoms with van der Waals surface area (Å²) in [5, 5.41) is 8.42. The van der Waals surface area contributed by atoms with Crippen molar-refractivity contribution in [3.63, 3.8) is 0 Å². The number of fused-ring (bicyclic) bond motifs is 3. The van der Waals surface area contributed by atoms with Gasteiger partial charge in [-0.3, -0.25) is 4.98 Å². The molecule has 1 aliphatic carbocycles. The molecule has 0 unspecified atom stereocenters. The molecule has 7 rings (SSSR count). The minimum Gasteiger partial charge on any atom is -0.481 e. The van der Waals surface area contributed by atoms with E-state index in [0.717, 1.165) is 77.5 Å². The Bertz CT molecular complexity index is 1250. The monoisotopic (exact) mass is 465 g/mol. The molecule has 1 N–H and O–H groups in total. The van der Waals surface area contributed by atoms with Gasteiger partial charge >= 0.3 is 0 Å². The van der Waals surface area contributed by atoms with Crippen LogP contribution in [-0.2, 0) is 41.7 Å². The van der Waals surface area contributed by atoms with Crippen molar-refractivity contribution in [3.05, 3.63) is 63.3 Å². The lowest BCUT2D eigenvalue weighted by atomic mass is 9.85. The number of ether oxygens (including phenoxy) is 3. The van der Waals surface area contributed by atoms with Gasteiger partial charge in [0.1, 0.15) is 12.5 Å². The van der Waals surface area contributed by atoms with E-state index in [1.165, 1.54) is 5.56 Å². The molecule has 7 nitrogen and oxygen atoms in total. The standard InChI is InChI=1S/C25H24ClN3O4/c26-15-5-14-6-22(24-19-10-27-3-2-20(19)29-33-24)32-23(14)17(7-15)16-1-4-28-21-9-25(8-18(16)21)11-30-13-31-12-25/h1,4-5,7,22,27H,2-3,6,8-13H2/t22-/m1/s1. The number of rotatable bonds is 2. The fourth-order valence-corrected chi connectivity index (χ4v) is 6.08. The van der Waals surface area contributed by atoms with Crippen LogP contribution in [-0.4, -0.2) is 36.7 Å². The minimum absolute atomic E-state index is 0.0409. The molecule has 1 atom stereocenters. The summed E-state index contributed by atoms with van der Waals surface area (Å²) in [4.78, 5) is 4.70. The summed E-state index contributed by atoms with van der Waals surface area (Å²) in [5.41, 5.74) is 7.72. The average molecular weight is 466 g/mol. The molecule has 3 aliphatic heterocycles. The number of benzene rings is 1. The van der Waals surface area contributed by atoms with Crippen molar-refractivity contribution in [1.82, 2.24) is 15.5 Å². The van der Waals surface area contributed by atoms with Crippen LogP contribution < -0.4 is 10.1 Å². The van der Waals surface area contributed by atoms with Crippen LogP contribution in [0.2, 0.25) is 5.02 Å². The van der Waals surface area contributed by atoms with Crippen LogP contribution in [0.3, 0.4) is 0 Å². The molecule has 1 spiro atoms. The van der Waals surface area contributed by atoms with Crippen molar-refractivity contribution in [2.45, 2.75) is 38.3 Å². The molecule has 0 amide bonds. The molecular weight excluding hydrogens is 442 g/mol. The van der Waals surface area contributed by atoms with Gasteiger partial charge in [0.2, 0.25) is 0 Å². The van der Waals surface area contributed by atoms with Gasteiger partial charge in [-0.25, -0.2) is 0 Å². The van der Waals surface area contributed by atoms with Crippen molar-refractivity contribution < 1.29 is 18.7 Å². The van der Waals surface area contributed by atoms with E-state index < -0.39 is 0 Å². The molecule has 0 radical (unpaired) electrons. The summed E-state index contributed by atoms with van der Waals surface area (Å²) in [7, 11) is 0. The molecule has 3 aromatic rings. The van der Waals surface area contributed by atoms with E-state index in [-0.39, 0.29) is 11.5 Å². The zero-order valence-electron chi connectivity index (χ0n) is 18.2. The van der Waals surface area contributed by atoms with Gasteiger partial charge in [-0.1, -0.05) is 16.8 Å². The lowest BCUT2D eigenvalue weighted by molar-refractivity contribution is -0.161. The predicted octanol–water partition coefficient (Wildman–Crippen LogP) is 3.80. The number of halogens is 1. The van der Waals surface area contributed by atoms with E-state index in [2.05, 4.69) is 16.5 Å². The molecule has 0 bridgehead atoms. The fraction of sp³-hybridized carbons (Fsp3) is 0.440. The molecule has 33 heavy (non-hydrogen) atoms. The van der Waals surface area contributed by atoms with E-state index in [4.69, 9.17) is 35.3 Å². The average Bonchev–Trinajstić information content (AvgIpc) is 3.53. The van der Waals surface area contributed by atoms with Crippen LogP contribution in [0.15, 0.2) is 28.9 Å². The third kappa shape index (κ3) is 3.21. The van der Waals surface area contributed by atoms with E-state index in [0.29, 0.717) is 31.5 Å². The smallest absolute Gasteiger partial charge is 0.182 e. The molecule has 1 fully saturated rings. The van der Waals surface area contributed by atoms with Gasteiger partial charge in [0.15, 0.2) is 11.9 Å². The lowest BCUT2D eigenvalue weighted by Gasteiger charge is -2.32. The fourth-order valence-electron chi connectivity index (χ4n) is 5.84. The van der Waals surface area contributed by atoms with Crippen molar-refractivity contribution in [3.8, 4) is 16.9 Å². The molecular formula is C25H24ClN3O4. The van der Waals surface area contributed by atoms with Gasteiger partial charge in [0.25, 0.3) is 0 Å². The number of nitrogens with one attached hydrogen (secondary N) is 1. The Kier molecular flexibility index (Phi) is 4.56. The molecule has 170 valence electrons. The first-order chi connectivity index (χ1) is 16.2. The number of hydrogen-bond donors (Lipinski definition) is 1. The maximum atomic E-state index is 6.60. The summed E-state index contributed by atoms with van der Waals surface area (Å²) in [6, 6.07) is 6.09. The molecule has 5 heterocycles. The zero-order valence-corrected chi connectivity index (χ0v) is 18.9. The third-order valence-corrected chi connectivity index (χ3v) is 7.56. The zero-order chi connectivity index (χ0) is 22.0.